The van der Waals surface area contributed by atoms with E-state index in [0.29, 0.717) is 31.0 Å². The minimum Gasteiger partial charge on any atom is -0.355 e. The van der Waals surface area contributed by atoms with Gasteiger partial charge in [0.15, 0.2) is 0 Å². The fraction of sp³-hybridized carbons (Fsp3) is 0.455. The number of hydrogen-bond acceptors (Lipinski definition) is 3. The Morgan fingerprint density at radius 2 is 2.19 bits per heavy atom. The summed E-state index contributed by atoms with van der Waals surface area (Å²) in [7, 11) is 0. The topological polar surface area (TPSA) is 40.7 Å². The number of aliphatic hydroxyl groups is 1. The molecule has 1 aliphatic rings. The van der Waals surface area contributed by atoms with Gasteiger partial charge < -0.3 is 10.0 Å². The average molecular weight is 238 g/mol. The molecule has 0 radical (unpaired) electrons. The van der Waals surface area contributed by atoms with E-state index in [4.69, 9.17) is 18.2 Å². The van der Waals surface area contributed by atoms with E-state index >= 15 is 0 Å². The van der Waals surface area contributed by atoms with Gasteiger partial charge in [0.2, 0.25) is 0 Å². The van der Waals surface area contributed by atoms with E-state index < -0.39 is 5.72 Å². The predicted octanol–water partition coefficient (Wildman–Crippen LogP) is 1.94. The second-order valence-corrected chi connectivity index (χ2v) is 4.30. The van der Waals surface area contributed by atoms with Gasteiger partial charge in [0.05, 0.1) is 17.9 Å². The summed E-state index contributed by atoms with van der Waals surface area (Å²) in [6.45, 7) is 8.13. The molecule has 1 saturated heterocycles. The van der Waals surface area contributed by atoms with Gasteiger partial charge >= 0.3 is 5.72 Å². The van der Waals surface area contributed by atoms with Crippen LogP contribution in [0.15, 0.2) is 18.3 Å². The molecule has 16 heavy (non-hydrogen) atoms. The lowest BCUT2D eigenvalue weighted by Crippen LogP contribution is -2.42. The largest absolute Gasteiger partial charge is 0.355 e. The Kier molecular flexibility index (Phi) is 2.99. The first-order valence-corrected chi connectivity index (χ1v) is 5.49. The second kappa shape index (κ2) is 4.28. The number of rotatable bonds is 1. The summed E-state index contributed by atoms with van der Waals surface area (Å²) in [4.78, 5) is 9.47. The third-order valence-corrected chi connectivity index (χ3v) is 3.11. The van der Waals surface area contributed by atoms with Gasteiger partial charge in [-0.1, -0.05) is 11.6 Å². The molecule has 0 unspecified atom stereocenters. The minimum absolute atomic E-state index is 0.434. The zero-order valence-electron chi connectivity index (χ0n) is 8.73. The summed E-state index contributed by atoms with van der Waals surface area (Å²) >= 11 is 6.04. The Labute approximate surface area is 99.3 Å². The van der Waals surface area contributed by atoms with Crippen LogP contribution in [0.5, 0.6) is 0 Å². The van der Waals surface area contributed by atoms with Crippen molar-refractivity contribution < 1.29 is 5.11 Å². The number of aromatic nitrogens is 1. The van der Waals surface area contributed by atoms with Crippen molar-refractivity contribution in [2.24, 2.45) is 0 Å². The highest BCUT2D eigenvalue weighted by Gasteiger charge is 2.38. The molecule has 0 amide bonds. The Morgan fingerprint density at radius 3 is 2.75 bits per heavy atom. The number of hydrogen-bond donors (Lipinski definition) is 1. The van der Waals surface area contributed by atoms with Crippen LogP contribution in [-0.2, 0) is 0 Å². The van der Waals surface area contributed by atoms with E-state index in [-0.39, 0.29) is 0 Å². The van der Waals surface area contributed by atoms with Crippen molar-refractivity contribution in [3.8, 4) is 0 Å². The third-order valence-electron chi connectivity index (χ3n) is 2.81. The average Bonchev–Trinajstić information content (AvgIpc) is 2.31. The van der Waals surface area contributed by atoms with Crippen LogP contribution in [0.1, 0.15) is 12.8 Å². The van der Waals surface area contributed by atoms with Crippen molar-refractivity contribution >= 4 is 17.4 Å². The Balaban J connectivity index is 2.11. The van der Waals surface area contributed by atoms with Crippen LogP contribution in [0.3, 0.4) is 0 Å². The lowest BCUT2D eigenvalue weighted by Gasteiger charge is -2.31. The van der Waals surface area contributed by atoms with Crippen molar-refractivity contribution in [1.82, 2.24) is 4.98 Å². The maximum Gasteiger partial charge on any atom is 0.338 e. The monoisotopic (exact) mass is 237 g/mol. The zero-order valence-corrected chi connectivity index (χ0v) is 9.48. The molecule has 2 rings (SSSR count). The minimum atomic E-state index is -1.20. The lowest BCUT2D eigenvalue weighted by molar-refractivity contribution is 0.0619. The van der Waals surface area contributed by atoms with Crippen molar-refractivity contribution in [3.05, 3.63) is 34.8 Å². The van der Waals surface area contributed by atoms with Crippen LogP contribution in [-0.4, -0.2) is 28.9 Å². The van der Waals surface area contributed by atoms with E-state index in [1.165, 1.54) is 0 Å². The number of nitrogens with zero attached hydrogens (tertiary/aromatic N) is 3. The fourth-order valence-electron chi connectivity index (χ4n) is 1.80. The molecule has 1 N–H and O–H groups in total. The highest BCUT2D eigenvalue weighted by Crippen LogP contribution is 2.29. The lowest BCUT2D eigenvalue weighted by atomic mass is 10.0. The molecule has 0 saturated carbocycles. The number of halogens is 1. The van der Waals surface area contributed by atoms with Crippen LogP contribution in [0, 0.1) is 6.57 Å². The van der Waals surface area contributed by atoms with Gasteiger partial charge in [0.1, 0.15) is 5.82 Å². The van der Waals surface area contributed by atoms with Gasteiger partial charge in [-0.2, -0.15) is 0 Å². The summed E-state index contributed by atoms with van der Waals surface area (Å²) in [6.07, 6.45) is 2.56. The highest BCUT2D eigenvalue weighted by atomic mass is 35.5. The zero-order chi connectivity index (χ0) is 11.6. The molecule has 1 aromatic rings. The quantitative estimate of drug-likeness (QED) is 0.759. The summed E-state index contributed by atoms with van der Waals surface area (Å²) in [5, 5.41) is 10.4. The van der Waals surface area contributed by atoms with Gasteiger partial charge in [-0.3, -0.25) is 4.85 Å². The molecule has 0 aromatic carbocycles. The van der Waals surface area contributed by atoms with Gasteiger partial charge in [-0.25, -0.2) is 11.6 Å². The fourth-order valence-corrected chi connectivity index (χ4v) is 2.04. The van der Waals surface area contributed by atoms with Crippen LogP contribution in [0.4, 0.5) is 5.82 Å². The molecule has 84 valence electrons. The molecular weight excluding hydrogens is 226 g/mol. The standard InChI is InChI=1S/C11H12ClN3O/c1-13-11(16)4-7-15(8-5-11)10-9(12)3-2-6-14-10/h2-3,6,16H,4-5,7-8H2. The molecule has 4 nitrogen and oxygen atoms in total. The summed E-state index contributed by atoms with van der Waals surface area (Å²) in [5.74, 6) is 0.733. The smallest absolute Gasteiger partial charge is 0.338 e. The SMILES string of the molecule is [C-]#[N+]C1(O)CCN(c2ncccc2Cl)CC1. The van der Waals surface area contributed by atoms with Gasteiger partial charge in [0, 0.05) is 19.3 Å². The van der Waals surface area contributed by atoms with Crippen LogP contribution in [0.2, 0.25) is 5.02 Å². The van der Waals surface area contributed by atoms with Crippen LogP contribution >= 0.6 is 11.6 Å². The van der Waals surface area contributed by atoms with Crippen molar-refractivity contribution in [1.29, 1.82) is 0 Å². The normalized spacial score (nSPS) is 19.2. The summed E-state index contributed by atoms with van der Waals surface area (Å²) in [6, 6.07) is 3.57. The van der Waals surface area contributed by atoms with Gasteiger partial charge in [0.25, 0.3) is 0 Å². The molecule has 1 fully saturated rings. The Bertz CT molecular complexity index is 421. The first-order chi connectivity index (χ1) is 7.64. The van der Waals surface area contributed by atoms with Crippen LogP contribution < -0.4 is 4.90 Å². The molecule has 0 aliphatic carbocycles. The highest BCUT2D eigenvalue weighted by molar-refractivity contribution is 6.32. The summed E-state index contributed by atoms with van der Waals surface area (Å²) in [5.41, 5.74) is -1.20. The number of piperidine rings is 1. The number of pyridine rings is 1. The van der Waals surface area contributed by atoms with Crippen molar-refractivity contribution in [2.75, 3.05) is 18.0 Å². The Morgan fingerprint density at radius 1 is 1.50 bits per heavy atom. The molecule has 5 heteroatoms. The maximum atomic E-state index is 9.78. The predicted molar refractivity (Wildman–Crippen MR) is 62.2 cm³/mol. The van der Waals surface area contributed by atoms with E-state index in [0.717, 1.165) is 5.82 Å². The molecule has 0 atom stereocenters. The molecule has 1 aliphatic heterocycles. The van der Waals surface area contributed by atoms with Gasteiger partial charge in [-0.05, 0) is 12.1 Å². The van der Waals surface area contributed by atoms with Crippen LogP contribution in [0.25, 0.3) is 4.85 Å². The first kappa shape index (κ1) is 11.2. The van der Waals surface area contributed by atoms with E-state index in [1.54, 1.807) is 18.3 Å². The van der Waals surface area contributed by atoms with Crippen molar-refractivity contribution in [2.45, 2.75) is 18.6 Å². The molecule has 0 bridgehead atoms. The summed E-state index contributed by atoms with van der Waals surface area (Å²) < 4.78 is 0. The molecule has 1 aromatic heterocycles. The molecule has 0 spiro atoms. The second-order valence-electron chi connectivity index (χ2n) is 3.89. The molecule has 2 heterocycles. The first-order valence-electron chi connectivity index (χ1n) is 5.11. The third kappa shape index (κ3) is 2.11. The molecular formula is C11H12ClN3O. The number of anilines is 1. The Hall–Kier alpha value is -1.31. The van der Waals surface area contributed by atoms with E-state index in [9.17, 15) is 5.11 Å². The van der Waals surface area contributed by atoms with E-state index in [1.807, 2.05) is 4.90 Å². The van der Waals surface area contributed by atoms with Gasteiger partial charge in [-0.15, -0.1) is 0 Å². The van der Waals surface area contributed by atoms with E-state index in [2.05, 4.69) is 9.83 Å². The maximum absolute atomic E-state index is 9.78. The van der Waals surface area contributed by atoms with Crippen molar-refractivity contribution in [3.63, 3.8) is 0 Å².